The Morgan fingerprint density at radius 1 is 1.57 bits per heavy atom. The van der Waals surface area contributed by atoms with Crippen molar-refractivity contribution in [2.75, 3.05) is 0 Å². The van der Waals surface area contributed by atoms with Crippen molar-refractivity contribution in [2.45, 2.75) is 0 Å². The maximum absolute atomic E-state index is 9.53. The molecule has 0 heterocycles. The number of phenols is 1. The highest BCUT2D eigenvalue weighted by Gasteiger charge is 2.12. The van der Waals surface area contributed by atoms with Gasteiger partial charge in [-0.05, 0) is 56.8 Å². The molecular formula is C7H2I2N4O. The molecule has 0 saturated heterocycles. The average Bonchev–Trinajstić information content (AvgIpc) is 2.19. The molecule has 1 N–H and O–H groups in total. The molecule has 7 heteroatoms. The van der Waals surface area contributed by atoms with Crippen LogP contribution in [-0.2, 0) is 0 Å². The van der Waals surface area contributed by atoms with Crippen molar-refractivity contribution in [1.29, 1.82) is 5.26 Å². The van der Waals surface area contributed by atoms with E-state index < -0.39 is 0 Å². The molecule has 0 radical (unpaired) electrons. The van der Waals surface area contributed by atoms with E-state index in [0.29, 0.717) is 7.14 Å². The topological polar surface area (TPSA) is 92.8 Å². The SMILES string of the molecule is N#Cc1cc(I)c(O)c(I)c1N=[N+]=[N-]. The fourth-order valence-electron chi connectivity index (χ4n) is 0.826. The molecular weight excluding hydrogens is 410 g/mol. The molecule has 0 saturated carbocycles. The minimum atomic E-state index is 0.0348. The predicted molar refractivity (Wildman–Crippen MR) is 67.1 cm³/mol. The van der Waals surface area contributed by atoms with E-state index >= 15 is 0 Å². The molecule has 5 nitrogen and oxygen atoms in total. The Hall–Kier alpha value is -0.720. The number of azide groups is 1. The summed E-state index contributed by atoms with van der Waals surface area (Å²) in [6.07, 6.45) is 0. The molecule has 0 fully saturated rings. The first-order valence-electron chi connectivity index (χ1n) is 3.28. The smallest absolute Gasteiger partial charge is 0.142 e. The molecule has 0 amide bonds. The normalized spacial score (nSPS) is 8.93. The van der Waals surface area contributed by atoms with Crippen molar-refractivity contribution >= 4 is 50.9 Å². The van der Waals surface area contributed by atoms with Crippen LogP contribution in [0.2, 0.25) is 0 Å². The van der Waals surface area contributed by atoms with Crippen LogP contribution < -0.4 is 0 Å². The number of hydrogen-bond donors (Lipinski definition) is 1. The van der Waals surface area contributed by atoms with Gasteiger partial charge in [-0.25, -0.2) is 0 Å². The van der Waals surface area contributed by atoms with Crippen LogP contribution in [0.1, 0.15) is 5.56 Å². The van der Waals surface area contributed by atoms with Gasteiger partial charge in [0.15, 0.2) is 0 Å². The van der Waals surface area contributed by atoms with Gasteiger partial charge in [0.25, 0.3) is 0 Å². The quantitative estimate of drug-likeness (QED) is 0.332. The Kier molecular flexibility index (Phi) is 3.79. The van der Waals surface area contributed by atoms with Crippen LogP contribution in [0.15, 0.2) is 11.2 Å². The van der Waals surface area contributed by atoms with E-state index in [1.54, 1.807) is 0 Å². The Labute approximate surface area is 107 Å². The molecule has 70 valence electrons. The van der Waals surface area contributed by atoms with Crippen molar-refractivity contribution in [3.8, 4) is 11.8 Å². The molecule has 1 aromatic carbocycles. The highest BCUT2D eigenvalue weighted by molar-refractivity contribution is 14.1. The number of phenolic OH excluding ortho intramolecular Hbond substituents is 1. The molecule has 0 aliphatic carbocycles. The summed E-state index contributed by atoms with van der Waals surface area (Å²) >= 11 is 3.74. The second kappa shape index (κ2) is 4.68. The zero-order valence-corrected chi connectivity index (χ0v) is 10.9. The molecule has 0 aliphatic heterocycles. The van der Waals surface area contributed by atoms with Crippen LogP contribution in [0.4, 0.5) is 5.69 Å². The Balaban J connectivity index is 3.63. The molecule has 1 aromatic rings. The summed E-state index contributed by atoms with van der Waals surface area (Å²) in [6.45, 7) is 0. The lowest BCUT2D eigenvalue weighted by molar-refractivity contribution is 0.468. The van der Waals surface area contributed by atoms with Gasteiger partial charge in [0, 0.05) is 4.91 Å². The van der Waals surface area contributed by atoms with Crippen molar-refractivity contribution in [3.63, 3.8) is 0 Å². The van der Waals surface area contributed by atoms with Crippen LogP contribution in [0.5, 0.6) is 5.75 Å². The number of benzene rings is 1. The molecule has 0 aromatic heterocycles. The zero-order chi connectivity index (χ0) is 10.7. The first-order chi connectivity index (χ1) is 6.61. The van der Waals surface area contributed by atoms with Crippen molar-refractivity contribution in [3.05, 3.63) is 29.2 Å². The number of hydrogen-bond acceptors (Lipinski definition) is 3. The number of nitrogens with zero attached hydrogens (tertiary/aromatic N) is 4. The van der Waals surface area contributed by atoms with Crippen LogP contribution in [0.25, 0.3) is 10.4 Å². The predicted octanol–water partition coefficient (Wildman–Crippen LogP) is 3.41. The average molecular weight is 412 g/mol. The van der Waals surface area contributed by atoms with E-state index in [-0.39, 0.29) is 17.0 Å². The molecule has 0 bridgehead atoms. The summed E-state index contributed by atoms with van der Waals surface area (Å²) < 4.78 is 0.948. The highest BCUT2D eigenvalue weighted by Crippen LogP contribution is 2.36. The van der Waals surface area contributed by atoms with Crippen molar-refractivity contribution in [2.24, 2.45) is 5.11 Å². The maximum Gasteiger partial charge on any atom is 0.142 e. The molecule has 0 unspecified atom stereocenters. The first kappa shape index (κ1) is 11.4. The van der Waals surface area contributed by atoms with Gasteiger partial charge in [-0.1, -0.05) is 5.11 Å². The molecule has 0 aliphatic rings. The van der Waals surface area contributed by atoms with Crippen LogP contribution >= 0.6 is 45.2 Å². The second-order valence-corrected chi connectivity index (χ2v) is 4.46. The van der Waals surface area contributed by atoms with Gasteiger partial charge < -0.3 is 5.11 Å². The Morgan fingerprint density at radius 2 is 2.21 bits per heavy atom. The van der Waals surface area contributed by atoms with E-state index in [9.17, 15) is 5.11 Å². The van der Waals surface area contributed by atoms with Crippen LogP contribution in [0.3, 0.4) is 0 Å². The Bertz CT molecular complexity index is 474. The summed E-state index contributed by atoms with van der Waals surface area (Å²) in [7, 11) is 0. The third-order valence-corrected chi connectivity index (χ3v) is 3.28. The minimum absolute atomic E-state index is 0.0348. The van der Waals surface area contributed by atoms with Gasteiger partial charge in [0.05, 0.1) is 24.5 Å². The zero-order valence-electron chi connectivity index (χ0n) is 6.57. The van der Waals surface area contributed by atoms with Crippen LogP contribution in [0, 0.1) is 18.5 Å². The van der Waals surface area contributed by atoms with Crippen LogP contribution in [-0.4, -0.2) is 5.11 Å². The fourth-order valence-corrected chi connectivity index (χ4v) is 2.61. The highest BCUT2D eigenvalue weighted by atomic mass is 127. The van der Waals surface area contributed by atoms with Gasteiger partial charge in [0.2, 0.25) is 0 Å². The number of rotatable bonds is 1. The Morgan fingerprint density at radius 3 is 2.71 bits per heavy atom. The van der Waals surface area contributed by atoms with E-state index in [0.717, 1.165) is 0 Å². The van der Waals surface area contributed by atoms with Gasteiger partial charge >= 0.3 is 0 Å². The third-order valence-electron chi connectivity index (χ3n) is 1.43. The summed E-state index contributed by atoms with van der Waals surface area (Å²) in [5, 5.41) is 21.7. The summed E-state index contributed by atoms with van der Waals surface area (Å²) in [5.74, 6) is 0.0348. The van der Waals surface area contributed by atoms with E-state index in [4.69, 9.17) is 10.8 Å². The largest absolute Gasteiger partial charge is 0.506 e. The maximum atomic E-state index is 9.53. The lowest BCUT2D eigenvalue weighted by atomic mass is 10.2. The van der Waals surface area contributed by atoms with Crippen molar-refractivity contribution in [1.82, 2.24) is 0 Å². The van der Waals surface area contributed by atoms with Gasteiger partial charge in [-0.15, -0.1) is 0 Å². The molecule has 0 atom stereocenters. The summed E-state index contributed by atoms with van der Waals surface area (Å²) in [5.41, 5.74) is 8.72. The minimum Gasteiger partial charge on any atom is -0.506 e. The molecule has 1 rings (SSSR count). The standard InChI is InChI=1S/C7H2I2N4O/c8-4-1-3(2-10)6(12-13-11)5(9)7(4)14/h1,14H. The van der Waals surface area contributed by atoms with Gasteiger partial charge in [-0.3, -0.25) is 0 Å². The first-order valence-corrected chi connectivity index (χ1v) is 5.43. The molecule has 14 heavy (non-hydrogen) atoms. The summed E-state index contributed by atoms with van der Waals surface area (Å²) in [6, 6.07) is 3.38. The fraction of sp³-hybridized carbons (Fsp3) is 0. The van der Waals surface area contributed by atoms with E-state index in [2.05, 4.69) is 10.0 Å². The van der Waals surface area contributed by atoms with E-state index in [1.807, 2.05) is 51.3 Å². The lowest BCUT2D eigenvalue weighted by Gasteiger charge is -2.04. The van der Waals surface area contributed by atoms with Gasteiger partial charge in [-0.2, -0.15) is 5.26 Å². The molecule has 0 spiro atoms. The van der Waals surface area contributed by atoms with Crippen molar-refractivity contribution < 1.29 is 5.11 Å². The number of aromatic hydroxyl groups is 1. The van der Waals surface area contributed by atoms with E-state index in [1.165, 1.54) is 6.07 Å². The summed E-state index contributed by atoms with van der Waals surface area (Å²) in [4.78, 5) is 2.60. The third kappa shape index (κ3) is 2.02. The monoisotopic (exact) mass is 412 g/mol. The lowest BCUT2D eigenvalue weighted by Crippen LogP contribution is -1.85. The second-order valence-electron chi connectivity index (χ2n) is 2.22. The number of nitriles is 1. The van der Waals surface area contributed by atoms with Gasteiger partial charge in [0.1, 0.15) is 5.75 Å². The number of halogens is 2.